The Morgan fingerprint density at radius 2 is 1.33 bits per heavy atom. The van der Waals surface area contributed by atoms with Gasteiger partial charge in [-0.25, -0.2) is 0 Å². The molecule has 11 heteroatoms. The molecule has 0 saturated heterocycles. The molecule has 0 saturated carbocycles. The third kappa shape index (κ3) is 4.84. The molecular weight excluding hydrogens is 337 g/mol. The molecule has 0 radical (unpaired) electrons. The Morgan fingerprint density at radius 3 is 1.62 bits per heavy atom. The fraction of sp³-hybridized carbons (Fsp3) is 0.769. The Balaban J connectivity index is 3.49. The van der Waals surface area contributed by atoms with E-state index in [1.807, 2.05) is 0 Å². The maximum absolute atomic E-state index is 12.9. The van der Waals surface area contributed by atoms with Crippen molar-refractivity contribution in [3.8, 4) is 0 Å². The minimum atomic E-state index is -3.74. The summed E-state index contributed by atoms with van der Waals surface area (Å²) in [6.07, 6.45) is -1.77. The van der Waals surface area contributed by atoms with Crippen molar-refractivity contribution in [3.05, 3.63) is 0 Å². The van der Waals surface area contributed by atoms with Gasteiger partial charge < -0.3 is 29.1 Å². The second-order valence-corrected chi connectivity index (χ2v) is 6.97. The molecule has 0 aliphatic heterocycles. The first-order valence-corrected chi connectivity index (χ1v) is 9.18. The summed E-state index contributed by atoms with van der Waals surface area (Å²) in [7, 11) is -0.601. The lowest BCUT2D eigenvalue weighted by Gasteiger charge is -2.25. The summed E-state index contributed by atoms with van der Waals surface area (Å²) < 4.78 is 23.5. The van der Waals surface area contributed by atoms with Gasteiger partial charge in [-0.15, -0.1) is 0 Å². The summed E-state index contributed by atoms with van der Waals surface area (Å²) in [5.74, 6) is 0.161. The lowest BCUT2D eigenvalue weighted by Crippen LogP contribution is -2.36. The monoisotopic (exact) mass is 363 g/mol. The van der Waals surface area contributed by atoms with Crippen molar-refractivity contribution < 1.29 is 23.8 Å². The summed E-state index contributed by atoms with van der Waals surface area (Å²) >= 11 is 0. The van der Waals surface area contributed by atoms with E-state index in [1.54, 1.807) is 27.9 Å². The first-order valence-electron chi connectivity index (χ1n) is 7.63. The Kier molecular flexibility index (Phi) is 7.50. The molecule has 0 amide bonds. The van der Waals surface area contributed by atoms with Gasteiger partial charge in [-0.3, -0.25) is 4.57 Å². The van der Waals surface area contributed by atoms with Gasteiger partial charge in [-0.1, -0.05) is 0 Å². The predicted molar refractivity (Wildman–Crippen MR) is 90.5 cm³/mol. The molecule has 2 N–H and O–H groups in total. The van der Waals surface area contributed by atoms with Gasteiger partial charge in [0.1, 0.15) is 12.5 Å². The van der Waals surface area contributed by atoms with Crippen molar-refractivity contribution in [1.82, 2.24) is 15.0 Å². The Morgan fingerprint density at radius 1 is 0.958 bits per heavy atom. The fourth-order valence-corrected chi connectivity index (χ4v) is 3.02. The van der Waals surface area contributed by atoms with Crippen LogP contribution >= 0.6 is 7.60 Å². The molecule has 1 rings (SSSR count). The molecule has 1 aromatic heterocycles. The number of hydrogen-bond acceptors (Lipinski definition) is 10. The van der Waals surface area contributed by atoms with Crippen LogP contribution in [-0.2, 0) is 13.6 Å². The highest BCUT2D eigenvalue weighted by atomic mass is 31.2. The number of rotatable bonds is 9. The van der Waals surface area contributed by atoms with Crippen LogP contribution in [0.3, 0.4) is 0 Å². The van der Waals surface area contributed by atoms with Crippen molar-refractivity contribution in [1.29, 1.82) is 0 Å². The molecule has 0 fully saturated rings. The van der Waals surface area contributed by atoms with Gasteiger partial charge in [0, 0.05) is 14.1 Å². The van der Waals surface area contributed by atoms with Gasteiger partial charge in [0.05, 0.1) is 13.2 Å². The molecule has 1 aromatic rings. The van der Waals surface area contributed by atoms with Crippen molar-refractivity contribution in [2.75, 3.05) is 37.1 Å². The maximum Gasteiger partial charge on any atom is 0.398 e. The molecule has 1 heterocycles. The van der Waals surface area contributed by atoms with Crippen LogP contribution in [-0.4, -0.2) is 64.9 Å². The van der Waals surface area contributed by atoms with E-state index in [-0.39, 0.29) is 30.7 Å². The number of aromatic nitrogens is 3. The molecule has 0 aliphatic carbocycles. The SMILES string of the molecule is CCOP(=O)(OCC)c1nc(N(C)C(C)O)nc(N(C)C(C)O)n1. The first kappa shape index (κ1) is 20.7. The summed E-state index contributed by atoms with van der Waals surface area (Å²) in [6, 6.07) is 0. The molecule has 0 spiro atoms. The molecule has 0 aromatic carbocycles. The van der Waals surface area contributed by atoms with Gasteiger partial charge in [-0.2, -0.15) is 15.0 Å². The van der Waals surface area contributed by atoms with E-state index in [4.69, 9.17) is 9.05 Å². The quantitative estimate of drug-likeness (QED) is 0.468. The van der Waals surface area contributed by atoms with Gasteiger partial charge in [0.2, 0.25) is 17.5 Å². The van der Waals surface area contributed by atoms with Crippen LogP contribution in [0.2, 0.25) is 0 Å². The number of aliphatic hydroxyl groups excluding tert-OH is 2. The van der Waals surface area contributed by atoms with E-state index in [0.29, 0.717) is 0 Å². The highest BCUT2D eigenvalue weighted by Gasteiger charge is 2.33. The van der Waals surface area contributed by atoms with Crippen LogP contribution in [0.5, 0.6) is 0 Å². The largest absolute Gasteiger partial charge is 0.398 e. The smallest absolute Gasteiger partial charge is 0.374 e. The maximum atomic E-state index is 12.9. The Labute approximate surface area is 142 Å². The van der Waals surface area contributed by atoms with Gasteiger partial charge in [0.25, 0.3) is 0 Å². The zero-order valence-electron chi connectivity index (χ0n) is 14.9. The van der Waals surface area contributed by atoms with Gasteiger partial charge in [-0.05, 0) is 27.7 Å². The van der Waals surface area contributed by atoms with Crippen LogP contribution in [0.1, 0.15) is 27.7 Å². The molecule has 2 atom stereocenters. The number of anilines is 2. The van der Waals surface area contributed by atoms with Crippen molar-refractivity contribution in [2.45, 2.75) is 40.2 Å². The first-order chi connectivity index (χ1) is 11.2. The number of hydrogen-bond donors (Lipinski definition) is 2. The molecule has 0 bridgehead atoms. The standard InChI is InChI=1S/C13H26N5O5P/c1-7-22-24(21,23-8-2)13-15-11(17(5)9(3)19)14-12(16-13)18(6)10(4)20/h9-10,19-20H,7-8H2,1-6H3. The van der Waals surface area contributed by atoms with Gasteiger partial charge >= 0.3 is 7.60 Å². The highest BCUT2D eigenvalue weighted by molar-refractivity contribution is 7.61. The molecule has 2 unspecified atom stereocenters. The molecule has 24 heavy (non-hydrogen) atoms. The number of nitrogens with zero attached hydrogens (tertiary/aromatic N) is 5. The predicted octanol–water partition coefficient (Wildman–Crippen LogP) is 0.312. The zero-order chi connectivity index (χ0) is 18.5. The van der Waals surface area contributed by atoms with Crippen LogP contribution < -0.4 is 15.4 Å². The lowest BCUT2D eigenvalue weighted by molar-refractivity contribution is 0.191. The average molecular weight is 363 g/mol. The number of aliphatic hydroxyl groups is 2. The Bertz CT molecular complexity index is 544. The van der Waals surface area contributed by atoms with E-state index in [2.05, 4.69) is 15.0 Å². The molecule has 10 nitrogen and oxygen atoms in total. The van der Waals surface area contributed by atoms with Crippen LogP contribution in [0.4, 0.5) is 11.9 Å². The highest BCUT2D eigenvalue weighted by Crippen LogP contribution is 2.45. The summed E-state index contributed by atoms with van der Waals surface area (Å²) in [6.45, 7) is 6.72. The summed E-state index contributed by atoms with van der Waals surface area (Å²) in [4.78, 5) is 15.2. The third-order valence-electron chi connectivity index (χ3n) is 3.20. The van der Waals surface area contributed by atoms with Gasteiger partial charge in [0.15, 0.2) is 0 Å². The van der Waals surface area contributed by atoms with Crippen molar-refractivity contribution >= 4 is 25.1 Å². The van der Waals surface area contributed by atoms with Crippen LogP contribution in [0, 0.1) is 0 Å². The summed E-state index contributed by atoms with van der Waals surface area (Å²) in [5, 5.41) is 19.5. The zero-order valence-corrected chi connectivity index (χ0v) is 15.8. The van der Waals surface area contributed by atoms with E-state index in [0.717, 1.165) is 0 Å². The third-order valence-corrected chi connectivity index (χ3v) is 5.08. The average Bonchev–Trinajstić information content (AvgIpc) is 2.53. The fourth-order valence-electron chi connectivity index (χ4n) is 1.61. The minimum Gasteiger partial charge on any atom is -0.374 e. The molecular formula is C13H26N5O5P. The Hall–Kier alpha value is -1.32. The second-order valence-electron chi connectivity index (χ2n) is 5.05. The lowest BCUT2D eigenvalue weighted by atomic mass is 10.5. The van der Waals surface area contributed by atoms with Crippen molar-refractivity contribution in [3.63, 3.8) is 0 Å². The summed E-state index contributed by atoms with van der Waals surface area (Å²) in [5.41, 5.74) is -0.175. The van der Waals surface area contributed by atoms with Crippen LogP contribution in [0.15, 0.2) is 0 Å². The van der Waals surface area contributed by atoms with Crippen LogP contribution in [0.25, 0.3) is 0 Å². The van der Waals surface area contributed by atoms with E-state index in [9.17, 15) is 14.8 Å². The molecule has 0 aliphatic rings. The van der Waals surface area contributed by atoms with E-state index in [1.165, 1.54) is 23.6 Å². The molecule has 138 valence electrons. The second kappa shape index (κ2) is 8.68. The van der Waals surface area contributed by atoms with E-state index < -0.39 is 20.1 Å². The minimum absolute atomic E-state index is 0.0807. The van der Waals surface area contributed by atoms with Crippen molar-refractivity contribution in [2.24, 2.45) is 0 Å². The normalized spacial score (nSPS) is 14.3. The van der Waals surface area contributed by atoms with E-state index >= 15 is 0 Å². The topological polar surface area (TPSA) is 121 Å².